The Morgan fingerprint density at radius 1 is 0.173 bits per heavy atom. The molecule has 0 saturated heterocycles. The van der Waals surface area contributed by atoms with Crippen LogP contribution in [-0.4, -0.2) is 30.7 Å². The average Bonchev–Trinajstić information content (AvgIpc) is 3.14. The molecule has 0 amide bonds. The van der Waals surface area contributed by atoms with Crippen LogP contribution < -0.4 is 24.0 Å². The lowest BCUT2D eigenvalue weighted by Gasteiger charge is -2.40. The van der Waals surface area contributed by atoms with E-state index in [9.17, 15) is 0 Å². The Labute approximate surface area is 350 Å². The number of unbranched alkanes of at least 4 members (excludes halogenated alkanes) is 38. The Hall–Kier alpha value is 0.690. The molecule has 0 saturated carbocycles. The zero-order valence-corrected chi connectivity index (χ0v) is 39.5. The van der Waals surface area contributed by atoms with Gasteiger partial charge in [0.1, 0.15) is 0 Å². The summed E-state index contributed by atoms with van der Waals surface area (Å²) in [5.74, 6) is 0. The van der Waals surface area contributed by atoms with Gasteiger partial charge in [-0.05, 0) is 51.4 Å². The van der Waals surface area contributed by atoms with Gasteiger partial charge in [0.2, 0.25) is 0 Å². The van der Waals surface area contributed by atoms with Gasteiger partial charge in [-0.2, -0.15) is 0 Å². The van der Waals surface area contributed by atoms with Gasteiger partial charge in [-0.25, -0.2) is 0 Å². The van der Waals surface area contributed by atoms with Gasteiger partial charge in [0.05, 0.1) is 26.2 Å². The van der Waals surface area contributed by atoms with Gasteiger partial charge in [0, 0.05) is 0 Å². The van der Waals surface area contributed by atoms with Crippen molar-refractivity contribution < 1.29 is 28.5 Å². The molecule has 0 heterocycles. The van der Waals surface area contributed by atoms with E-state index in [2.05, 4.69) is 27.7 Å². The fourth-order valence-electron chi connectivity index (χ4n) is 8.76. The van der Waals surface area contributed by atoms with E-state index in [1.54, 1.807) is 0 Å². The third-order valence-electron chi connectivity index (χ3n) is 12.4. The van der Waals surface area contributed by atoms with E-state index in [4.69, 9.17) is 0 Å². The molecule has 0 rings (SSSR count). The molecule has 52 heavy (non-hydrogen) atoms. The first-order chi connectivity index (χ1) is 25.2. The summed E-state index contributed by atoms with van der Waals surface area (Å²) in [5.41, 5.74) is 0. The molecule has 0 aliphatic heterocycles. The molecule has 0 spiro atoms. The predicted molar refractivity (Wildman–Crippen MR) is 236 cm³/mol. The quantitative estimate of drug-likeness (QED) is 0.0325. The summed E-state index contributed by atoms with van der Waals surface area (Å²) in [6.45, 7) is 15.3. The molecule has 2 heteroatoms. The molecular weight excluding hydrogens is 741 g/mol. The van der Waals surface area contributed by atoms with Crippen LogP contribution in [0.3, 0.4) is 0 Å². The third kappa shape index (κ3) is 41.8. The lowest BCUT2D eigenvalue weighted by atomic mass is 10.0. The molecular formula is C50H104IN. The van der Waals surface area contributed by atoms with Crippen LogP contribution in [0.4, 0.5) is 0 Å². The summed E-state index contributed by atoms with van der Waals surface area (Å²) in [7, 11) is 0. The topological polar surface area (TPSA) is 0 Å². The van der Waals surface area contributed by atoms with Gasteiger partial charge in [-0.1, -0.05) is 246 Å². The molecule has 0 aliphatic carbocycles. The van der Waals surface area contributed by atoms with Gasteiger partial charge in [-0.15, -0.1) is 0 Å². The zero-order valence-electron chi connectivity index (χ0n) is 37.4. The molecule has 0 atom stereocenters. The highest BCUT2D eigenvalue weighted by atomic mass is 127. The second-order valence-corrected chi connectivity index (χ2v) is 17.7. The SMILES string of the molecule is CCCCCCCCCCCCCCCCCC[N+](CCCCCCC)(CCCCCCC)CCCCCCCCCCCCCCCCCC.[I-]. The van der Waals surface area contributed by atoms with Crippen molar-refractivity contribution in [1.29, 1.82) is 0 Å². The molecule has 1 nitrogen and oxygen atoms in total. The Morgan fingerprint density at radius 3 is 0.423 bits per heavy atom. The number of hydrogen-bond donors (Lipinski definition) is 0. The first-order valence-electron chi connectivity index (χ1n) is 25.1. The van der Waals surface area contributed by atoms with E-state index >= 15 is 0 Å². The van der Waals surface area contributed by atoms with E-state index in [0.29, 0.717) is 0 Å². The fraction of sp³-hybridized carbons (Fsp3) is 1.00. The van der Waals surface area contributed by atoms with E-state index in [1.807, 2.05) is 0 Å². The van der Waals surface area contributed by atoms with Crippen molar-refractivity contribution in [3.8, 4) is 0 Å². The minimum Gasteiger partial charge on any atom is -1.00 e. The van der Waals surface area contributed by atoms with E-state index in [-0.39, 0.29) is 24.0 Å². The van der Waals surface area contributed by atoms with Crippen molar-refractivity contribution in [1.82, 2.24) is 0 Å². The zero-order chi connectivity index (χ0) is 37.0. The highest BCUT2D eigenvalue weighted by Crippen LogP contribution is 2.21. The number of hydrogen-bond acceptors (Lipinski definition) is 0. The smallest absolute Gasteiger partial charge is 0.0786 e. The Kier molecular flexibility index (Phi) is 50.4. The highest BCUT2D eigenvalue weighted by Gasteiger charge is 2.25. The second-order valence-electron chi connectivity index (χ2n) is 17.7. The van der Waals surface area contributed by atoms with Crippen LogP contribution in [0.1, 0.15) is 297 Å². The Morgan fingerprint density at radius 2 is 0.288 bits per heavy atom. The van der Waals surface area contributed by atoms with Crippen molar-refractivity contribution >= 4 is 0 Å². The molecule has 0 aliphatic rings. The molecule has 0 fully saturated rings. The van der Waals surface area contributed by atoms with Crippen LogP contribution in [0.15, 0.2) is 0 Å². The number of nitrogens with zero attached hydrogens (tertiary/aromatic N) is 1. The van der Waals surface area contributed by atoms with Crippen molar-refractivity contribution in [3.63, 3.8) is 0 Å². The summed E-state index contributed by atoms with van der Waals surface area (Å²) in [4.78, 5) is 0. The van der Waals surface area contributed by atoms with Gasteiger partial charge >= 0.3 is 0 Å². The van der Waals surface area contributed by atoms with Crippen LogP contribution >= 0.6 is 0 Å². The van der Waals surface area contributed by atoms with Gasteiger partial charge in [0.25, 0.3) is 0 Å². The van der Waals surface area contributed by atoms with Crippen molar-refractivity contribution in [3.05, 3.63) is 0 Å². The van der Waals surface area contributed by atoms with Crippen LogP contribution in [0.25, 0.3) is 0 Å². The van der Waals surface area contributed by atoms with Crippen molar-refractivity contribution in [2.45, 2.75) is 297 Å². The molecule has 0 aromatic rings. The lowest BCUT2D eigenvalue weighted by molar-refractivity contribution is -0.929. The summed E-state index contributed by atoms with van der Waals surface area (Å²) in [5, 5.41) is 0. The Bertz CT molecular complexity index is 553. The molecule has 0 bridgehead atoms. The van der Waals surface area contributed by atoms with Crippen LogP contribution in [0.2, 0.25) is 0 Å². The molecule has 316 valence electrons. The van der Waals surface area contributed by atoms with Crippen LogP contribution in [-0.2, 0) is 0 Å². The largest absolute Gasteiger partial charge is 1.00 e. The molecule has 0 unspecified atom stereocenters. The van der Waals surface area contributed by atoms with Gasteiger partial charge in [0.15, 0.2) is 0 Å². The van der Waals surface area contributed by atoms with Gasteiger partial charge < -0.3 is 28.5 Å². The van der Waals surface area contributed by atoms with Crippen molar-refractivity contribution in [2.75, 3.05) is 26.2 Å². The number of rotatable bonds is 46. The molecule has 0 aromatic heterocycles. The predicted octanol–water partition coefficient (Wildman–Crippen LogP) is 15.3. The molecule has 0 N–H and O–H groups in total. The highest BCUT2D eigenvalue weighted by molar-refractivity contribution is 4.56. The van der Waals surface area contributed by atoms with Crippen molar-refractivity contribution in [2.24, 2.45) is 0 Å². The number of quaternary nitrogens is 1. The lowest BCUT2D eigenvalue weighted by Crippen LogP contribution is -3.00. The average molecular weight is 846 g/mol. The van der Waals surface area contributed by atoms with Crippen LogP contribution in [0, 0.1) is 0 Å². The maximum absolute atomic E-state index is 2.37. The van der Waals surface area contributed by atoms with E-state index < -0.39 is 0 Å². The van der Waals surface area contributed by atoms with E-state index in [0.717, 1.165) is 0 Å². The molecule has 0 radical (unpaired) electrons. The Balaban J connectivity index is 0. The maximum atomic E-state index is 2.37. The van der Waals surface area contributed by atoms with E-state index in [1.165, 1.54) is 300 Å². The second kappa shape index (κ2) is 47.8. The summed E-state index contributed by atoms with van der Waals surface area (Å²) in [6, 6.07) is 0. The minimum absolute atomic E-state index is 0. The van der Waals surface area contributed by atoms with Crippen LogP contribution in [0.5, 0.6) is 0 Å². The normalized spacial score (nSPS) is 11.8. The first kappa shape index (κ1) is 54.8. The minimum atomic E-state index is 0. The first-order valence-corrected chi connectivity index (χ1v) is 25.1. The standard InChI is InChI=1S/C50H104N.HI/c1-5-9-13-17-19-21-23-25-27-29-31-33-35-37-41-45-49-51(47-43-39-15-11-7-3,48-44-40-16-12-8-4)50-46-42-38-36-34-32-30-28-26-24-22-20-18-14-10-6-2;/h5-50H2,1-4H3;1H/q+1;/p-1. The fourth-order valence-corrected chi connectivity index (χ4v) is 8.76. The summed E-state index contributed by atoms with van der Waals surface area (Å²) >= 11 is 0. The summed E-state index contributed by atoms with van der Waals surface area (Å²) in [6.07, 6.45) is 61.7. The van der Waals surface area contributed by atoms with Gasteiger partial charge in [-0.3, -0.25) is 0 Å². The molecule has 0 aromatic carbocycles. The summed E-state index contributed by atoms with van der Waals surface area (Å²) < 4.78 is 1.48. The monoisotopic (exact) mass is 846 g/mol. The maximum Gasteiger partial charge on any atom is 0.0786 e. The third-order valence-corrected chi connectivity index (χ3v) is 12.4. The number of halogens is 1.